The number of H-pyrrole nitrogens is 1. The van der Waals surface area contributed by atoms with Gasteiger partial charge in [0.2, 0.25) is 0 Å². The molecule has 90 valence electrons. The van der Waals surface area contributed by atoms with Crippen LogP contribution in [0.2, 0.25) is 0 Å². The highest BCUT2D eigenvalue weighted by Gasteiger charge is 2.08. The number of anilines is 2. The molecule has 0 aliphatic heterocycles. The lowest BCUT2D eigenvalue weighted by molar-refractivity contribution is 0.262. The molecule has 0 aliphatic carbocycles. The summed E-state index contributed by atoms with van der Waals surface area (Å²) in [4.78, 5) is 11.7. The zero-order chi connectivity index (χ0) is 13.0. The third-order valence-corrected chi connectivity index (χ3v) is 2.27. The molecule has 18 heavy (non-hydrogen) atoms. The fourth-order valence-electron chi connectivity index (χ4n) is 1.46. The number of hydrogen-bond acceptors (Lipinski definition) is 3. The van der Waals surface area contributed by atoms with E-state index in [0.717, 1.165) is 5.56 Å². The maximum atomic E-state index is 11.7. The smallest absolute Gasteiger partial charge is 0.308 e. The summed E-state index contributed by atoms with van der Waals surface area (Å²) in [6.07, 6.45) is 1.35. The number of aromatic amines is 1. The lowest BCUT2D eigenvalue weighted by Gasteiger charge is -2.06. The molecule has 0 saturated carbocycles. The SMILES string of the molecule is Cc1cccc(NC(=O)Nc2[nH]ncc2C#N)c1. The van der Waals surface area contributed by atoms with E-state index in [1.165, 1.54) is 6.20 Å². The van der Waals surface area contributed by atoms with Crippen molar-refractivity contribution in [1.82, 2.24) is 10.2 Å². The Morgan fingerprint density at radius 3 is 3.00 bits per heavy atom. The maximum Gasteiger partial charge on any atom is 0.324 e. The molecule has 6 nitrogen and oxygen atoms in total. The lowest BCUT2D eigenvalue weighted by Crippen LogP contribution is -2.20. The van der Waals surface area contributed by atoms with Gasteiger partial charge in [0, 0.05) is 5.69 Å². The number of carbonyl (C=O) groups is 1. The van der Waals surface area contributed by atoms with Crippen molar-refractivity contribution in [3.63, 3.8) is 0 Å². The molecular weight excluding hydrogens is 230 g/mol. The number of nitriles is 1. The molecule has 0 aliphatic rings. The molecule has 2 amide bonds. The summed E-state index contributed by atoms with van der Waals surface area (Å²) in [6.45, 7) is 1.94. The standard InChI is InChI=1S/C12H11N5O/c1-8-3-2-4-10(5-8)15-12(18)16-11-9(6-13)7-14-17-11/h2-5,7H,1H3,(H3,14,15,16,17,18). The number of nitrogens with zero attached hydrogens (tertiary/aromatic N) is 2. The molecule has 3 N–H and O–H groups in total. The molecule has 0 bridgehead atoms. The molecule has 1 aromatic carbocycles. The van der Waals surface area contributed by atoms with Crippen LogP contribution in [0.5, 0.6) is 0 Å². The third-order valence-electron chi connectivity index (χ3n) is 2.27. The molecule has 0 fully saturated rings. The number of benzene rings is 1. The van der Waals surface area contributed by atoms with Crippen LogP contribution in [0.25, 0.3) is 0 Å². The second-order valence-corrected chi connectivity index (χ2v) is 3.72. The van der Waals surface area contributed by atoms with E-state index < -0.39 is 6.03 Å². The highest BCUT2D eigenvalue weighted by molar-refractivity contribution is 5.99. The van der Waals surface area contributed by atoms with Crippen LogP contribution < -0.4 is 10.6 Å². The summed E-state index contributed by atoms with van der Waals surface area (Å²) in [6, 6.07) is 8.90. The van der Waals surface area contributed by atoms with Gasteiger partial charge < -0.3 is 5.32 Å². The summed E-state index contributed by atoms with van der Waals surface area (Å²) in [7, 11) is 0. The maximum absolute atomic E-state index is 11.7. The van der Waals surface area contributed by atoms with Crippen LogP contribution in [-0.4, -0.2) is 16.2 Å². The van der Waals surface area contributed by atoms with E-state index >= 15 is 0 Å². The van der Waals surface area contributed by atoms with Crippen LogP contribution in [0.4, 0.5) is 16.3 Å². The van der Waals surface area contributed by atoms with E-state index in [1.807, 2.05) is 31.2 Å². The molecule has 0 saturated heterocycles. The number of aromatic nitrogens is 2. The van der Waals surface area contributed by atoms with Gasteiger partial charge in [0.25, 0.3) is 0 Å². The quantitative estimate of drug-likeness (QED) is 0.752. The van der Waals surface area contributed by atoms with Gasteiger partial charge in [0.15, 0.2) is 0 Å². The Morgan fingerprint density at radius 2 is 2.28 bits per heavy atom. The fraction of sp³-hybridized carbons (Fsp3) is 0.0833. The zero-order valence-electron chi connectivity index (χ0n) is 9.69. The van der Waals surface area contributed by atoms with E-state index in [4.69, 9.17) is 5.26 Å². The largest absolute Gasteiger partial charge is 0.324 e. The first-order valence-corrected chi connectivity index (χ1v) is 5.27. The van der Waals surface area contributed by atoms with Gasteiger partial charge in [0.05, 0.1) is 6.20 Å². The molecule has 0 unspecified atom stereocenters. The number of hydrogen-bond donors (Lipinski definition) is 3. The highest BCUT2D eigenvalue weighted by atomic mass is 16.2. The van der Waals surface area contributed by atoms with Crippen molar-refractivity contribution >= 4 is 17.5 Å². The van der Waals surface area contributed by atoms with Crippen LogP contribution in [-0.2, 0) is 0 Å². The predicted octanol–water partition coefficient (Wildman–Crippen LogP) is 2.23. The zero-order valence-corrected chi connectivity index (χ0v) is 9.69. The van der Waals surface area contributed by atoms with Gasteiger partial charge in [-0.3, -0.25) is 10.4 Å². The topological polar surface area (TPSA) is 93.6 Å². The van der Waals surface area contributed by atoms with E-state index in [1.54, 1.807) is 6.07 Å². The Morgan fingerprint density at radius 1 is 1.44 bits per heavy atom. The van der Waals surface area contributed by atoms with Crippen LogP contribution >= 0.6 is 0 Å². The van der Waals surface area contributed by atoms with Crippen LogP contribution in [0.15, 0.2) is 30.5 Å². The second-order valence-electron chi connectivity index (χ2n) is 3.72. The first-order chi connectivity index (χ1) is 8.69. The number of nitrogens with one attached hydrogen (secondary N) is 3. The van der Waals surface area contributed by atoms with Crippen LogP contribution in [0.3, 0.4) is 0 Å². The van der Waals surface area contributed by atoms with Crippen molar-refractivity contribution in [2.45, 2.75) is 6.92 Å². The first kappa shape index (κ1) is 11.7. The molecule has 0 radical (unpaired) electrons. The number of urea groups is 1. The number of aryl methyl sites for hydroxylation is 1. The van der Waals surface area contributed by atoms with Gasteiger partial charge >= 0.3 is 6.03 Å². The number of carbonyl (C=O) groups excluding carboxylic acids is 1. The average molecular weight is 241 g/mol. The van der Waals surface area contributed by atoms with Crippen molar-refractivity contribution < 1.29 is 4.79 Å². The van der Waals surface area contributed by atoms with Crippen molar-refractivity contribution in [2.75, 3.05) is 10.6 Å². The predicted molar refractivity (Wildman–Crippen MR) is 67.1 cm³/mol. The van der Waals surface area contributed by atoms with Crippen LogP contribution in [0, 0.1) is 18.3 Å². The van der Waals surface area contributed by atoms with Gasteiger partial charge in [0.1, 0.15) is 17.5 Å². The summed E-state index contributed by atoms with van der Waals surface area (Å²) in [5, 5.41) is 20.2. The Hall–Kier alpha value is -2.81. The van der Waals surface area contributed by atoms with Gasteiger partial charge in [-0.15, -0.1) is 0 Å². The molecule has 0 spiro atoms. The van der Waals surface area contributed by atoms with Crippen molar-refractivity contribution in [1.29, 1.82) is 5.26 Å². The number of rotatable bonds is 2. The normalized spacial score (nSPS) is 9.56. The molecule has 2 aromatic rings. The minimum atomic E-state index is -0.429. The second kappa shape index (κ2) is 5.01. The molecular formula is C12H11N5O. The van der Waals surface area contributed by atoms with Crippen molar-refractivity contribution in [2.24, 2.45) is 0 Å². The Balaban J connectivity index is 2.04. The van der Waals surface area contributed by atoms with E-state index in [9.17, 15) is 4.79 Å². The Bertz CT molecular complexity index is 611. The minimum Gasteiger partial charge on any atom is -0.308 e. The molecule has 6 heteroatoms. The fourth-order valence-corrected chi connectivity index (χ4v) is 1.46. The van der Waals surface area contributed by atoms with Gasteiger partial charge in [-0.1, -0.05) is 12.1 Å². The average Bonchev–Trinajstić information content (AvgIpc) is 2.76. The van der Waals surface area contributed by atoms with E-state index in [-0.39, 0.29) is 11.4 Å². The van der Waals surface area contributed by atoms with Gasteiger partial charge in [-0.05, 0) is 24.6 Å². The Labute approximate surface area is 104 Å². The van der Waals surface area contributed by atoms with Crippen molar-refractivity contribution in [3.05, 3.63) is 41.6 Å². The summed E-state index contributed by atoms with van der Waals surface area (Å²) in [5.41, 5.74) is 2.02. The monoisotopic (exact) mass is 241 g/mol. The van der Waals surface area contributed by atoms with E-state index in [0.29, 0.717) is 5.69 Å². The molecule has 0 atom stereocenters. The van der Waals surface area contributed by atoms with Gasteiger partial charge in [-0.2, -0.15) is 10.4 Å². The third kappa shape index (κ3) is 2.65. The minimum absolute atomic E-state index is 0.280. The first-order valence-electron chi connectivity index (χ1n) is 5.27. The summed E-state index contributed by atoms with van der Waals surface area (Å²) in [5.74, 6) is 0.280. The molecule has 1 heterocycles. The molecule has 1 aromatic heterocycles. The van der Waals surface area contributed by atoms with Crippen molar-refractivity contribution in [3.8, 4) is 6.07 Å². The Kier molecular flexibility index (Phi) is 3.25. The highest BCUT2D eigenvalue weighted by Crippen LogP contribution is 2.12. The van der Waals surface area contributed by atoms with Gasteiger partial charge in [-0.25, -0.2) is 4.79 Å². The van der Waals surface area contributed by atoms with E-state index in [2.05, 4.69) is 20.8 Å². The summed E-state index contributed by atoms with van der Waals surface area (Å²) < 4.78 is 0. The lowest BCUT2D eigenvalue weighted by atomic mass is 10.2. The van der Waals surface area contributed by atoms with Crippen LogP contribution in [0.1, 0.15) is 11.1 Å². The number of amides is 2. The summed E-state index contributed by atoms with van der Waals surface area (Å²) >= 11 is 0. The molecule has 2 rings (SSSR count).